The summed E-state index contributed by atoms with van der Waals surface area (Å²) in [6, 6.07) is 5.54. The fourth-order valence-corrected chi connectivity index (χ4v) is 2.19. The maximum absolute atomic E-state index is 9.92. The van der Waals surface area contributed by atoms with Crippen molar-refractivity contribution in [2.24, 2.45) is 0 Å². The molecule has 0 spiro atoms. The predicted molar refractivity (Wildman–Crippen MR) is 58.9 cm³/mol. The van der Waals surface area contributed by atoms with E-state index in [0.717, 1.165) is 5.19 Å². The first-order valence-electron chi connectivity index (χ1n) is 4.44. The Morgan fingerprint density at radius 3 is 2.07 bits per heavy atom. The molecule has 0 atom stereocenters. The van der Waals surface area contributed by atoms with Crippen molar-refractivity contribution in [2.45, 2.75) is 13.1 Å². The summed E-state index contributed by atoms with van der Waals surface area (Å²) < 4.78 is 10.3. The highest BCUT2D eigenvalue weighted by Crippen LogP contribution is 2.25. The van der Waals surface area contributed by atoms with E-state index < -0.39 is 8.32 Å². The summed E-state index contributed by atoms with van der Waals surface area (Å²) in [5.41, 5.74) is 0. The molecular weight excluding hydrogens is 196 g/mol. The molecule has 0 saturated heterocycles. The van der Waals surface area contributed by atoms with Gasteiger partial charge in [-0.2, -0.15) is 0 Å². The Balaban J connectivity index is 3.14. The highest BCUT2D eigenvalue weighted by atomic mass is 28.4. The Bertz CT molecular complexity index is 318. The zero-order valence-corrected chi connectivity index (χ0v) is 10.00. The molecule has 1 N–H and O–H groups in total. The van der Waals surface area contributed by atoms with Gasteiger partial charge in [0.15, 0.2) is 11.5 Å². The van der Waals surface area contributed by atoms with Crippen LogP contribution < -0.4 is 14.7 Å². The van der Waals surface area contributed by atoms with E-state index in [-0.39, 0.29) is 0 Å². The third kappa shape index (κ3) is 2.27. The van der Waals surface area contributed by atoms with Crippen LogP contribution in [0.25, 0.3) is 0 Å². The van der Waals surface area contributed by atoms with Crippen LogP contribution in [0.4, 0.5) is 0 Å². The molecule has 0 radical (unpaired) electrons. The van der Waals surface area contributed by atoms with Crippen LogP contribution in [-0.4, -0.2) is 27.3 Å². The normalized spacial score (nSPS) is 11.2. The Morgan fingerprint density at radius 2 is 1.64 bits per heavy atom. The number of hydrogen-bond donors (Lipinski definition) is 1. The van der Waals surface area contributed by atoms with Crippen molar-refractivity contribution in [2.75, 3.05) is 14.2 Å². The first kappa shape index (κ1) is 11.1. The SMILES string of the molecule is COc1ccc([Si](C)(C)O)cc1OC. The fraction of sp³-hybridized carbons (Fsp3) is 0.400. The van der Waals surface area contributed by atoms with Crippen molar-refractivity contribution in [3.8, 4) is 11.5 Å². The molecule has 0 amide bonds. The molecule has 1 aromatic rings. The highest BCUT2D eigenvalue weighted by Gasteiger charge is 2.21. The summed E-state index contributed by atoms with van der Waals surface area (Å²) in [7, 11) is 0.935. The minimum atomic E-state index is -2.25. The third-order valence-corrected chi connectivity index (χ3v) is 3.81. The second-order valence-electron chi connectivity index (χ2n) is 3.63. The number of ether oxygens (including phenoxy) is 2. The minimum absolute atomic E-state index is 0.666. The van der Waals surface area contributed by atoms with Crippen LogP contribution in [0.15, 0.2) is 18.2 Å². The van der Waals surface area contributed by atoms with Crippen LogP contribution in [0.5, 0.6) is 11.5 Å². The zero-order chi connectivity index (χ0) is 10.8. The van der Waals surface area contributed by atoms with Gasteiger partial charge < -0.3 is 14.3 Å². The van der Waals surface area contributed by atoms with Gasteiger partial charge in [-0.25, -0.2) is 0 Å². The van der Waals surface area contributed by atoms with Gasteiger partial charge in [0.25, 0.3) is 0 Å². The summed E-state index contributed by atoms with van der Waals surface area (Å²) in [5.74, 6) is 1.36. The molecule has 78 valence electrons. The molecule has 0 aliphatic heterocycles. The number of rotatable bonds is 3. The second-order valence-corrected chi connectivity index (χ2v) is 7.32. The van der Waals surface area contributed by atoms with Gasteiger partial charge in [-0.1, -0.05) is 6.07 Å². The van der Waals surface area contributed by atoms with E-state index in [4.69, 9.17) is 9.47 Å². The monoisotopic (exact) mass is 212 g/mol. The lowest BCUT2D eigenvalue weighted by Crippen LogP contribution is -2.41. The molecular formula is C10H16O3Si. The molecule has 1 rings (SSSR count). The molecule has 1 aromatic carbocycles. The van der Waals surface area contributed by atoms with E-state index >= 15 is 0 Å². The lowest BCUT2D eigenvalue weighted by molar-refractivity contribution is 0.355. The van der Waals surface area contributed by atoms with Crippen LogP contribution in [0.3, 0.4) is 0 Å². The molecule has 0 aliphatic rings. The van der Waals surface area contributed by atoms with Crippen LogP contribution in [-0.2, 0) is 0 Å². The van der Waals surface area contributed by atoms with Crippen molar-refractivity contribution in [1.29, 1.82) is 0 Å². The standard InChI is InChI=1S/C10H16O3Si/c1-12-9-6-5-8(14(3,4)11)7-10(9)13-2/h5-7,11H,1-4H3. The summed E-state index contributed by atoms with van der Waals surface area (Å²) in [6.07, 6.45) is 0. The van der Waals surface area contributed by atoms with Gasteiger partial charge in [0, 0.05) is 0 Å². The van der Waals surface area contributed by atoms with Gasteiger partial charge >= 0.3 is 0 Å². The van der Waals surface area contributed by atoms with Gasteiger partial charge in [0.2, 0.25) is 8.32 Å². The molecule has 4 heteroatoms. The second kappa shape index (κ2) is 4.02. The maximum atomic E-state index is 9.92. The summed E-state index contributed by atoms with van der Waals surface area (Å²) in [6.45, 7) is 3.74. The van der Waals surface area contributed by atoms with E-state index in [0.29, 0.717) is 11.5 Å². The molecule has 0 fully saturated rings. The van der Waals surface area contributed by atoms with Crippen LogP contribution in [0, 0.1) is 0 Å². The first-order valence-corrected chi connectivity index (χ1v) is 7.38. The van der Waals surface area contributed by atoms with Crippen molar-refractivity contribution in [3.05, 3.63) is 18.2 Å². The fourth-order valence-electron chi connectivity index (χ4n) is 1.22. The lowest BCUT2D eigenvalue weighted by Gasteiger charge is -2.16. The average molecular weight is 212 g/mol. The van der Waals surface area contributed by atoms with Gasteiger partial charge in [-0.3, -0.25) is 0 Å². The molecule has 0 bridgehead atoms. The quantitative estimate of drug-likeness (QED) is 0.763. The third-order valence-electron chi connectivity index (χ3n) is 2.09. The predicted octanol–water partition coefficient (Wildman–Crippen LogP) is 1.11. The molecule has 3 nitrogen and oxygen atoms in total. The Hall–Kier alpha value is -1.00. The average Bonchev–Trinajstić information content (AvgIpc) is 2.15. The van der Waals surface area contributed by atoms with Crippen molar-refractivity contribution >= 4 is 13.5 Å². The molecule has 0 unspecified atom stereocenters. The Morgan fingerprint density at radius 1 is 1.07 bits per heavy atom. The summed E-state index contributed by atoms with van der Waals surface area (Å²) in [5, 5.41) is 0.940. The van der Waals surface area contributed by atoms with Crippen molar-refractivity contribution in [3.63, 3.8) is 0 Å². The number of benzene rings is 1. The van der Waals surface area contributed by atoms with E-state index in [9.17, 15) is 4.80 Å². The van der Waals surface area contributed by atoms with Gasteiger partial charge in [0.05, 0.1) is 14.2 Å². The van der Waals surface area contributed by atoms with Crippen LogP contribution in [0.2, 0.25) is 13.1 Å². The molecule has 0 saturated carbocycles. The smallest absolute Gasteiger partial charge is 0.214 e. The van der Waals surface area contributed by atoms with E-state index in [1.807, 2.05) is 31.3 Å². The first-order chi connectivity index (χ1) is 6.49. The number of hydrogen-bond acceptors (Lipinski definition) is 3. The molecule has 14 heavy (non-hydrogen) atoms. The van der Waals surface area contributed by atoms with Crippen LogP contribution >= 0.6 is 0 Å². The maximum Gasteiger partial charge on any atom is 0.214 e. The number of methoxy groups -OCH3 is 2. The molecule has 0 aliphatic carbocycles. The Kier molecular flexibility index (Phi) is 3.18. The van der Waals surface area contributed by atoms with Gasteiger partial charge in [-0.15, -0.1) is 0 Å². The largest absolute Gasteiger partial charge is 0.493 e. The minimum Gasteiger partial charge on any atom is -0.493 e. The lowest BCUT2D eigenvalue weighted by atomic mass is 10.3. The molecule has 0 aromatic heterocycles. The van der Waals surface area contributed by atoms with Crippen molar-refractivity contribution < 1.29 is 14.3 Å². The van der Waals surface area contributed by atoms with Crippen molar-refractivity contribution in [1.82, 2.24) is 0 Å². The van der Waals surface area contributed by atoms with Gasteiger partial charge in [0.1, 0.15) is 0 Å². The Labute approximate surface area is 85.4 Å². The highest BCUT2D eigenvalue weighted by molar-refractivity contribution is 6.83. The van der Waals surface area contributed by atoms with Gasteiger partial charge in [-0.05, 0) is 30.4 Å². The zero-order valence-electron chi connectivity index (χ0n) is 9.00. The topological polar surface area (TPSA) is 38.7 Å². The summed E-state index contributed by atoms with van der Waals surface area (Å²) >= 11 is 0. The van der Waals surface area contributed by atoms with E-state index in [2.05, 4.69) is 0 Å². The van der Waals surface area contributed by atoms with E-state index in [1.54, 1.807) is 14.2 Å². The van der Waals surface area contributed by atoms with E-state index in [1.165, 1.54) is 0 Å². The summed E-state index contributed by atoms with van der Waals surface area (Å²) in [4.78, 5) is 9.92. The van der Waals surface area contributed by atoms with Crippen LogP contribution in [0.1, 0.15) is 0 Å². The molecule has 0 heterocycles.